The summed E-state index contributed by atoms with van der Waals surface area (Å²) in [6, 6.07) is 9.70. The molecule has 0 spiro atoms. The summed E-state index contributed by atoms with van der Waals surface area (Å²) in [6.07, 6.45) is 1.72. The van der Waals surface area contributed by atoms with E-state index in [0.717, 1.165) is 5.75 Å². The van der Waals surface area contributed by atoms with E-state index < -0.39 is 0 Å². The van der Waals surface area contributed by atoms with Crippen LogP contribution in [0.4, 0.5) is 0 Å². The third kappa shape index (κ3) is 7.77. The van der Waals surface area contributed by atoms with Crippen LogP contribution in [0.3, 0.4) is 0 Å². The van der Waals surface area contributed by atoms with Crippen molar-refractivity contribution in [3.63, 3.8) is 0 Å². The zero-order valence-electron chi connectivity index (χ0n) is 7.61. The standard InChI is InChI=1S/C11H14O2.2CH4/c1-2-8-12-9-10-13-11-6-4-3-5-7-11;;/h2-7H,1,8-10H2;2*1H4. The minimum absolute atomic E-state index is 0. The third-order valence-corrected chi connectivity index (χ3v) is 1.48. The molecule has 0 aliphatic carbocycles. The molecule has 0 heterocycles. The first-order valence-corrected chi connectivity index (χ1v) is 4.30. The second-order valence-electron chi connectivity index (χ2n) is 2.53. The maximum Gasteiger partial charge on any atom is 0.119 e. The summed E-state index contributed by atoms with van der Waals surface area (Å²) in [7, 11) is 0. The van der Waals surface area contributed by atoms with Crippen molar-refractivity contribution in [3.8, 4) is 5.75 Å². The van der Waals surface area contributed by atoms with Crippen molar-refractivity contribution in [1.29, 1.82) is 0 Å². The third-order valence-electron chi connectivity index (χ3n) is 1.48. The predicted molar refractivity (Wildman–Crippen MR) is 66.4 cm³/mol. The molecule has 0 unspecified atom stereocenters. The van der Waals surface area contributed by atoms with Crippen molar-refractivity contribution < 1.29 is 9.47 Å². The van der Waals surface area contributed by atoms with Crippen molar-refractivity contribution >= 4 is 0 Å². The van der Waals surface area contributed by atoms with E-state index in [1.54, 1.807) is 6.08 Å². The van der Waals surface area contributed by atoms with E-state index in [-0.39, 0.29) is 14.9 Å². The first-order chi connectivity index (χ1) is 6.43. The van der Waals surface area contributed by atoms with Gasteiger partial charge < -0.3 is 9.47 Å². The van der Waals surface area contributed by atoms with Crippen LogP contribution in [0.25, 0.3) is 0 Å². The SMILES string of the molecule is C.C.C=CCOCCOc1ccccc1. The van der Waals surface area contributed by atoms with Crippen molar-refractivity contribution in [2.24, 2.45) is 0 Å². The molecule has 0 atom stereocenters. The highest BCUT2D eigenvalue weighted by Gasteiger charge is 1.90. The highest BCUT2D eigenvalue weighted by molar-refractivity contribution is 5.20. The van der Waals surface area contributed by atoms with Gasteiger partial charge >= 0.3 is 0 Å². The lowest BCUT2D eigenvalue weighted by Crippen LogP contribution is -2.06. The minimum atomic E-state index is 0. The van der Waals surface area contributed by atoms with Gasteiger partial charge in [-0.25, -0.2) is 0 Å². The van der Waals surface area contributed by atoms with Crippen LogP contribution in [0.2, 0.25) is 0 Å². The Balaban J connectivity index is 0. The Bertz CT molecular complexity index is 232. The highest BCUT2D eigenvalue weighted by Crippen LogP contribution is 2.07. The molecule has 2 nitrogen and oxygen atoms in total. The van der Waals surface area contributed by atoms with Gasteiger partial charge in [-0.2, -0.15) is 0 Å². The van der Waals surface area contributed by atoms with Crippen molar-refractivity contribution in [2.75, 3.05) is 19.8 Å². The summed E-state index contributed by atoms with van der Waals surface area (Å²) in [5.41, 5.74) is 0. The molecule has 0 aliphatic rings. The van der Waals surface area contributed by atoms with E-state index >= 15 is 0 Å². The van der Waals surface area contributed by atoms with Crippen LogP contribution in [-0.2, 0) is 4.74 Å². The smallest absolute Gasteiger partial charge is 0.119 e. The van der Waals surface area contributed by atoms with Crippen LogP contribution in [0.1, 0.15) is 14.9 Å². The van der Waals surface area contributed by atoms with Gasteiger partial charge in [0.25, 0.3) is 0 Å². The second kappa shape index (κ2) is 10.8. The molecule has 1 rings (SSSR count). The van der Waals surface area contributed by atoms with Gasteiger partial charge in [0.2, 0.25) is 0 Å². The first-order valence-electron chi connectivity index (χ1n) is 4.30. The van der Waals surface area contributed by atoms with E-state index in [9.17, 15) is 0 Å². The summed E-state index contributed by atoms with van der Waals surface area (Å²) in [5.74, 6) is 0.879. The number of ether oxygens (including phenoxy) is 2. The summed E-state index contributed by atoms with van der Waals surface area (Å²) in [6.45, 7) is 5.31. The summed E-state index contributed by atoms with van der Waals surface area (Å²) < 4.78 is 10.6. The van der Waals surface area contributed by atoms with Crippen molar-refractivity contribution in [1.82, 2.24) is 0 Å². The average molecular weight is 210 g/mol. The number of benzene rings is 1. The fourth-order valence-corrected chi connectivity index (χ4v) is 0.902. The molecule has 0 aliphatic heterocycles. The molecule has 0 radical (unpaired) electrons. The van der Waals surface area contributed by atoms with Gasteiger partial charge in [-0.15, -0.1) is 6.58 Å². The molecular formula is C13H22O2. The zero-order chi connectivity index (χ0) is 9.36. The Hall–Kier alpha value is -1.28. The van der Waals surface area contributed by atoms with Crippen LogP contribution < -0.4 is 4.74 Å². The molecule has 0 fully saturated rings. The fourth-order valence-electron chi connectivity index (χ4n) is 0.902. The van der Waals surface area contributed by atoms with Crippen LogP contribution in [0.5, 0.6) is 5.75 Å². The number of hydrogen-bond acceptors (Lipinski definition) is 2. The molecule has 1 aromatic carbocycles. The lowest BCUT2D eigenvalue weighted by atomic mass is 10.3. The Morgan fingerprint density at radius 2 is 1.73 bits per heavy atom. The lowest BCUT2D eigenvalue weighted by molar-refractivity contribution is 0.121. The quantitative estimate of drug-likeness (QED) is 0.528. The van der Waals surface area contributed by atoms with Gasteiger partial charge in [-0.1, -0.05) is 39.1 Å². The Kier molecular flexibility index (Phi) is 11.6. The number of hydrogen-bond donors (Lipinski definition) is 0. The average Bonchev–Trinajstić information content (AvgIpc) is 2.19. The number of para-hydroxylation sites is 1. The molecule has 2 heteroatoms. The topological polar surface area (TPSA) is 18.5 Å². The summed E-state index contributed by atoms with van der Waals surface area (Å²) in [4.78, 5) is 0. The monoisotopic (exact) mass is 210 g/mol. The Morgan fingerprint density at radius 3 is 2.33 bits per heavy atom. The van der Waals surface area contributed by atoms with Gasteiger partial charge in [0.05, 0.1) is 13.2 Å². The van der Waals surface area contributed by atoms with Crippen molar-refractivity contribution in [2.45, 2.75) is 14.9 Å². The Morgan fingerprint density at radius 1 is 1.07 bits per heavy atom. The molecule has 86 valence electrons. The minimum Gasteiger partial charge on any atom is -0.491 e. The highest BCUT2D eigenvalue weighted by atomic mass is 16.5. The maximum atomic E-state index is 5.39. The molecule has 15 heavy (non-hydrogen) atoms. The molecule has 0 aromatic heterocycles. The van der Waals surface area contributed by atoms with Crippen molar-refractivity contribution in [3.05, 3.63) is 43.0 Å². The van der Waals surface area contributed by atoms with E-state index in [0.29, 0.717) is 19.8 Å². The van der Waals surface area contributed by atoms with Crippen LogP contribution in [0.15, 0.2) is 43.0 Å². The van der Waals surface area contributed by atoms with E-state index in [1.165, 1.54) is 0 Å². The van der Waals surface area contributed by atoms with Gasteiger partial charge in [-0.3, -0.25) is 0 Å². The molecule has 0 saturated carbocycles. The zero-order valence-corrected chi connectivity index (χ0v) is 7.61. The largest absolute Gasteiger partial charge is 0.491 e. The first kappa shape index (κ1) is 16.2. The lowest BCUT2D eigenvalue weighted by Gasteiger charge is -2.05. The molecule has 1 aromatic rings. The molecule has 0 N–H and O–H groups in total. The molecular weight excluding hydrogens is 188 g/mol. The molecule has 0 saturated heterocycles. The maximum absolute atomic E-state index is 5.39. The second-order valence-corrected chi connectivity index (χ2v) is 2.53. The summed E-state index contributed by atoms with van der Waals surface area (Å²) in [5, 5.41) is 0. The number of rotatable bonds is 6. The van der Waals surface area contributed by atoms with Gasteiger partial charge in [0.15, 0.2) is 0 Å². The van der Waals surface area contributed by atoms with Gasteiger partial charge in [0.1, 0.15) is 12.4 Å². The van der Waals surface area contributed by atoms with E-state index in [2.05, 4.69) is 6.58 Å². The van der Waals surface area contributed by atoms with Crippen LogP contribution in [0, 0.1) is 0 Å². The Labute approximate surface area is 93.5 Å². The predicted octanol–water partition coefficient (Wildman–Crippen LogP) is 3.54. The van der Waals surface area contributed by atoms with E-state index in [1.807, 2.05) is 30.3 Å². The van der Waals surface area contributed by atoms with Crippen LogP contribution in [-0.4, -0.2) is 19.8 Å². The van der Waals surface area contributed by atoms with Gasteiger partial charge in [0, 0.05) is 0 Å². The van der Waals surface area contributed by atoms with Gasteiger partial charge in [-0.05, 0) is 12.1 Å². The molecule has 0 bridgehead atoms. The molecule has 0 amide bonds. The normalized spacial score (nSPS) is 8.27. The van der Waals surface area contributed by atoms with Crippen LogP contribution >= 0.6 is 0 Å². The fraction of sp³-hybridized carbons (Fsp3) is 0.385. The summed E-state index contributed by atoms with van der Waals surface area (Å²) >= 11 is 0. The van der Waals surface area contributed by atoms with E-state index in [4.69, 9.17) is 9.47 Å².